The summed E-state index contributed by atoms with van der Waals surface area (Å²) in [6, 6.07) is 8.47. The van der Waals surface area contributed by atoms with Crippen LogP contribution in [0.2, 0.25) is 10.0 Å². The van der Waals surface area contributed by atoms with E-state index < -0.39 is 11.8 Å². The molecule has 1 N–H and O–H groups in total. The predicted molar refractivity (Wildman–Crippen MR) is 122 cm³/mol. The van der Waals surface area contributed by atoms with Crippen molar-refractivity contribution >= 4 is 70.0 Å². The Bertz CT molecular complexity index is 1040. The molecule has 2 aliphatic rings. The zero-order valence-corrected chi connectivity index (χ0v) is 18.3. The van der Waals surface area contributed by atoms with E-state index in [2.05, 4.69) is 10.2 Å². The minimum atomic E-state index is -0.597. The van der Waals surface area contributed by atoms with E-state index in [1.807, 2.05) is 6.07 Å². The van der Waals surface area contributed by atoms with Gasteiger partial charge in [0.1, 0.15) is 11.3 Å². The summed E-state index contributed by atoms with van der Waals surface area (Å²) in [7, 11) is 0. The van der Waals surface area contributed by atoms with E-state index in [0.29, 0.717) is 11.4 Å². The molecule has 3 heterocycles. The van der Waals surface area contributed by atoms with E-state index >= 15 is 0 Å². The second-order valence-electron chi connectivity index (χ2n) is 7.11. The first-order valence-corrected chi connectivity index (χ1v) is 10.8. The number of hydrogen-bond donors (Lipinski definition) is 1. The van der Waals surface area contributed by atoms with Crippen molar-refractivity contribution < 1.29 is 14.0 Å². The molecule has 2 amide bonds. The number of anilines is 2. The lowest BCUT2D eigenvalue weighted by molar-refractivity contribution is -0.122. The van der Waals surface area contributed by atoms with E-state index in [0.717, 1.165) is 36.7 Å². The highest BCUT2D eigenvalue weighted by Gasteiger charge is 2.36. The van der Waals surface area contributed by atoms with Crippen molar-refractivity contribution in [1.29, 1.82) is 0 Å². The lowest BCUT2D eigenvalue weighted by atomic mass is 10.1. The molecule has 0 radical (unpaired) electrons. The van der Waals surface area contributed by atoms with E-state index in [1.54, 1.807) is 24.3 Å². The quantitative estimate of drug-likeness (QED) is 0.402. The van der Waals surface area contributed by atoms with Gasteiger partial charge in [0.2, 0.25) is 0 Å². The second-order valence-corrected chi connectivity index (χ2v) is 8.28. The molecule has 0 saturated carbocycles. The molecule has 0 atom stereocenters. The van der Waals surface area contributed by atoms with Crippen molar-refractivity contribution in [3.63, 3.8) is 0 Å². The van der Waals surface area contributed by atoms with Crippen molar-refractivity contribution in [1.82, 2.24) is 5.32 Å². The van der Waals surface area contributed by atoms with Crippen LogP contribution in [0.4, 0.5) is 11.6 Å². The Morgan fingerprint density at radius 1 is 1.03 bits per heavy atom. The van der Waals surface area contributed by atoms with Gasteiger partial charge < -0.3 is 9.32 Å². The number of carbonyl (C=O) groups is 2. The first kappa shape index (κ1) is 20.9. The smallest absolute Gasteiger partial charge is 0.270 e. The molecular weight excluding hydrogens is 445 g/mol. The fraction of sp³-hybridized carbons (Fsp3) is 0.286. The molecule has 0 unspecified atom stereocenters. The number of hydrogen-bond acceptors (Lipinski definition) is 5. The Balaban J connectivity index is 1.64. The molecular formula is C21H19Cl2N3O3S. The van der Waals surface area contributed by atoms with Crippen molar-refractivity contribution in [2.75, 3.05) is 22.9 Å². The molecule has 0 aliphatic carbocycles. The maximum Gasteiger partial charge on any atom is 0.270 e. The van der Waals surface area contributed by atoms with Gasteiger partial charge in [0, 0.05) is 19.2 Å². The van der Waals surface area contributed by atoms with Crippen molar-refractivity contribution in [2.45, 2.75) is 25.7 Å². The summed E-state index contributed by atoms with van der Waals surface area (Å²) in [5, 5.41) is 2.92. The highest BCUT2D eigenvalue weighted by molar-refractivity contribution is 7.80. The lowest BCUT2D eigenvalue weighted by Gasteiger charge is -2.29. The summed E-state index contributed by atoms with van der Waals surface area (Å²) in [6.07, 6.45) is 6.08. The monoisotopic (exact) mass is 463 g/mol. The Morgan fingerprint density at radius 3 is 2.50 bits per heavy atom. The zero-order valence-electron chi connectivity index (χ0n) is 16.0. The third kappa shape index (κ3) is 4.10. The normalized spacial score (nSPS) is 19.3. The minimum Gasteiger partial charge on any atom is -0.441 e. The number of carbonyl (C=O) groups excluding carboxylic acids is 2. The largest absolute Gasteiger partial charge is 0.441 e. The van der Waals surface area contributed by atoms with Crippen LogP contribution in [0.15, 0.2) is 40.3 Å². The van der Waals surface area contributed by atoms with Crippen LogP contribution < -0.4 is 15.1 Å². The molecule has 2 aliphatic heterocycles. The molecule has 2 aromatic rings. The van der Waals surface area contributed by atoms with Crippen molar-refractivity contribution in [2.24, 2.45) is 0 Å². The predicted octanol–water partition coefficient (Wildman–Crippen LogP) is 4.80. The molecule has 30 heavy (non-hydrogen) atoms. The maximum absolute atomic E-state index is 13.1. The average molecular weight is 464 g/mol. The highest BCUT2D eigenvalue weighted by atomic mass is 35.5. The standard InChI is InChI=1S/C21H19Cl2N3O3S/c22-15-6-5-7-16(18(15)23)26-20(28)14(19(27)24-21(26)30)12-13-8-9-17(29-13)25-10-3-1-2-4-11-25/h5-9,12H,1-4,10-11H2,(H,24,27,30)/b14-12+. The third-order valence-electron chi connectivity index (χ3n) is 5.09. The number of nitrogens with zero attached hydrogens (tertiary/aromatic N) is 2. The van der Waals surface area contributed by atoms with Crippen LogP contribution in [0.3, 0.4) is 0 Å². The first-order valence-electron chi connectivity index (χ1n) is 9.66. The Labute approximate surface area is 189 Å². The number of nitrogens with one attached hydrogen (secondary N) is 1. The third-order valence-corrected chi connectivity index (χ3v) is 6.18. The van der Waals surface area contributed by atoms with Gasteiger partial charge in [-0.15, -0.1) is 0 Å². The molecule has 6 nitrogen and oxygen atoms in total. The van der Waals surface area contributed by atoms with E-state index in [4.69, 9.17) is 39.8 Å². The summed E-state index contributed by atoms with van der Waals surface area (Å²) >= 11 is 17.5. The number of benzene rings is 1. The van der Waals surface area contributed by atoms with Crippen LogP contribution in [-0.2, 0) is 9.59 Å². The molecule has 4 rings (SSSR count). The Kier molecular flexibility index (Phi) is 6.13. The summed E-state index contributed by atoms with van der Waals surface area (Å²) in [5.41, 5.74) is 0.200. The van der Waals surface area contributed by atoms with Gasteiger partial charge in [0.15, 0.2) is 11.0 Å². The molecule has 0 spiro atoms. The van der Waals surface area contributed by atoms with Crippen molar-refractivity contribution in [3.05, 3.63) is 51.7 Å². The Morgan fingerprint density at radius 2 is 1.77 bits per heavy atom. The molecule has 9 heteroatoms. The van der Waals surface area contributed by atoms with Gasteiger partial charge in [0.25, 0.3) is 11.8 Å². The SMILES string of the molecule is O=C1NC(=S)N(c2cccc(Cl)c2Cl)C(=O)/C1=C/c1ccc(N2CCCCCC2)o1. The summed E-state index contributed by atoms with van der Waals surface area (Å²) in [6.45, 7) is 1.86. The maximum atomic E-state index is 13.1. The van der Waals surface area contributed by atoms with Gasteiger partial charge in [-0.05, 0) is 49.3 Å². The first-order chi connectivity index (χ1) is 14.5. The number of amides is 2. The number of thiocarbonyl (C=S) groups is 1. The molecule has 0 bridgehead atoms. The lowest BCUT2D eigenvalue weighted by Crippen LogP contribution is -2.54. The van der Waals surface area contributed by atoms with Gasteiger partial charge in [0.05, 0.1) is 15.7 Å². The summed E-state index contributed by atoms with van der Waals surface area (Å²) < 4.78 is 5.91. The fourth-order valence-corrected chi connectivity index (χ4v) is 4.22. The average Bonchev–Trinajstić information content (AvgIpc) is 3.00. The van der Waals surface area contributed by atoms with Gasteiger partial charge in [-0.1, -0.05) is 42.1 Å². The van der Waals surface area contributed by atoms with Crippen LogP contribution in [0.25, 0.3) is 6.08 Å². The van der Waals surface area contributed by atoms with Gasteiger partial charge in [-0.2, -0.15) is 0 Å². The van der Waals surface area contributed by atoms with Crippen molar-refractivity contribution in [3.8, 4) is 0 Å². The molecule has 156 valence electrons. The fourth-order valence-electron chi connectivity index (χ4n) is 3.56. The minimum absolute atomic E-state index is 0.0592. The molecule has 2 fully saturated rings. The van der Waals surface area contributed by atoms with E-state index in [-0.39, 0.29) is 20.7 Å². The zero-order chi connectivity index (χ0) is 21.3. The number of halogens is 2. The Hall–Kier alpha value is -2.35. The topological polar surface area (TPSA) is 65.8 Å². The van der Waals surface area contributed by atoms with Gasteiger partial charge >= 0.3 is 0 Å². The van der Waals surface area contributed by atoms with E-state index in [1.165, 1.54) is 18.9 Å². The second kappa shape index (κ2) is 8.79. The van der Waals surface area contributed by atoms with Crippen LogP contribution >= 0.6 is 35.4 Å². The van der Waals surface area contributed by atoms with Gasteiger partial charge in [-0.25, -0.2) is 0 Å². The summed E-state index contributed by atoms with van der Waals surface area (Å²) in [5.74, 6) is -0.0388. The van der Waals surface area contributed by atoms with Crippen LogP contribution in [0.5, 0.6) is 0 Å². The molecule has 2 saturated heterocycles. The highest BCUT2D eigenvalue weighted by Crippen LogP contribution is 2.34. The van der Waals surface area contributed by atoms with Crippen LogP contribution in [0.1, 0.15) is 31.4 Å². The molecule has 1 aromatic heterocycles. The molecule has 1 aromatic carbocycles. The number of furan rings is 1. The summed E-state index contributed by atoms with van der Waals surface area (Å²) in [4.78, 5) is 28.9. The number of rotatable bonds is 3. The van der Waals surface area contributed by atoms with Crippen LogP contribution in [-0.4, -0.2) is 30.0 Å². The van der Waals surface area contributed by atoms with Crippen LogP contribution in [0, 0.1) is 0 Å². The van der Waals surface area contributed by atoms with Gasteiger partial charge in [-0.3, -0.25) is 19.8 Å². The van der Waals surface area contributed by atoms with E-state index in [9.17, 15) is 9.59 Å².